The molecule has 0 saturated heterocycles. The summed E-state index contributed by atoms with van der Waals surface area (Å²) in [6.07, 6.45) is 3.87. The number of aromatic nitrogens is 6. The number of aliphatic hydroxyl groups excluding tert-OH is 1. The number of hydrogen-bond donors (Lipinski definition) is 2. The molecule has 0 amide bonds. The first-order valence-corrected chi connectivity index (χ1v) is 6.43. The van der Waals surface area contributed by atoms with Crippen LogP contribution in [0.1, 0.15) is 13.3 Å². The van der Waals surface area contributed by atoms with E-state index < -0.39 is 0 Å². The Morgan fingerprint density at radius 1 is 1.30 bits per heavy atom. The maximum absolute atomic E-state index is 9.15. The van der Waals surface area contributed by atoms with Crippen molar-refractivity contribution in [3.63, 3.8) is 0 Å². The highest BCUT2D eigenvalue weighted by Crippen LogP contribution is 2.12. The molecule has 0 saturated carbocycles. The Morgan fingerprint density at radius 3 is 2.75 bits per heavy atom. The topological polar surface area (TPSA) is 105 Å². The van der Waals surface area contributed by atoms with Crippen molar-refractivity contribution in [1.82, 2.24) is 29.7 Å². The van der Waals surface area contributed by atoms with Crippen LogP contribution in [0.2, 0.25) is 0 Å². The second kappa shape index (κ2) is 6.75. The van der Waals surface area contributed by atoms with E-state index in [1.807, 2.05) is 4.90 Å². The minimum Gasteiger partial charge on any atom is -0.395 e. The minimum absolute atomic E-state index is 0.0409. The van der Waals surface area contributed by atoms with Gasteiger partial charge in [-0.1, -0.05) is 6.92 Å². The summed E-state index contributed by atoms with van der Waals surface area (Å²) in [5.41, 5.74) is 0. The molecule has 2 N–H and O–H groups in total. The Balaban J connectivity index is 2.38. The molecule has 0 aliphatic carbocycles. The molecule has 0 atom stereocenters. The summed E-state index contributed by atoms with van der Waals surface area (Å²) in [4.78, 5) is 18.7. The number of aliphatic hydroxyl groups is 1. The molecule has 2 heterocycles. The van der Waals surface area contributed by atoms with Crippen LogP contribution >= 0.6 is 0 Å². The molecule has 2 aromatic rings. The second-order valence-corrected chi connectivity index (χ2v) is 4.06. The van der Waals surface area contributed by atoms with Crippen molar-refractivity contribution in [3.05, 3.63) is 12.7 Å². The summed E-state index contributed by atoms with van der Waals surface area (Å²) in [5.74, 6) is 1.33. The molecule has 0 radical (unpaired) electrons. The number of nitrogens with zero attached hydrogens (tertiary/aromatic N) is 7. The van der Waals surface area contributed by atoms with Gasteiger partial charge in [0.05, 0.1) is 6.61 Å². The molecular formula is C11H18N8O. The number of nitrogens with one attached hydrogen (secondary N) is 1. The second-order valence-electron chi connectivity index (χ2n) is 4.06. The molecule has 20 heavy (non-hydrogen) atoms. The van der Waals surface area contributed by atoms with Gasteiger partial charge in [0.25, 0.3) is 5.95 Å². The minimum atomic E-state index is 0.0409. The SMILES string of the molecule is CCCN(CCO)c1nc(NC)nc(-n2cncn2)n1. The van der Waals surface area contributed by atoms with Gasteiger partial charge in [-0.05, 0) is 6.42 Å². The summed E-state index contributed by atoms with van der Waals surface area (Å²) in [7, 11) is 1.74. The maximum Gasteiger partial charge on any atom is 0.258 e. The summed E-state index contributed by atoms with van der Waals surface area (Å²) in [5, 5.41) is 16.1. The van der Waals surface area contributed by atoms with Gasteiger partial charge >= 0.3 is 0 Å². The Bertz CT molecular complexity index is 523. The van der Waals surface area contributed by atoms with Crippen LogP contribution in [0.4, 0.5) is 11.9 Å². The van der Waals surface area contributed by atoms with E-state index in [1.54, 1.807) is 7.05 Å². The van der Waals surface area contributed by atoms with Crippen molar-refractivity contribution in [2.45, 2.75) is 13.3 Å². The van der Waals surface area contributed by atoms with E-state index in [9.17, 15) is 0 Å². The van der Waals surface area contributed by atoms with Crippen LogP contribution in [0.3, 0.4) is 0 Å². The third kappa shape index (κ3) is 3.18. The predicted octanol–water partition coefficient (Wildman–Crippen LogP) is -0.297. The van der Waals surface area contributed by atoms with Crippen LogP contribution < -0.4 is 10.2 Å². The van der Waals surface area contributed by atoms with Crippen molar-refractivity contribution in [1.29, 1.82) is 0 Å². The molecule has 0 bridgehead atoms. The molecule has 2 rings (SSSR count). The van der Waals surface area contributed by atoms with Crippen LogP contribution in [-0.2, 0) is 0 Å². The van der Waals surface area contributed by atoms with Gasteiger partial charge in [-0.15, -0.1) is 0 Å². The first-order valence-electron chi connectivity index (χ1n) is 6.43. The van der Waals surface area contributed by atoms with Gasteiger partial charge in [-0.25, -0.2) is 4.98 Å². The summed E-state index contributed by atoms with van der Waals surface area (Å²) in [6, 6.07) is 0. The molecule has 0 fully saturated rings. The van der Waals surface area contributed by atoms with E-state index in [1.165, 1.54) is 17.3 Å². The van der Waals surface area contributed by atoms with E-state index in [-0.39, 0.29) is 6.61 Å². The van der Waals surface area contributed by atoms with Gasteiger partial charge in [0.2, 0.25) is 11.9 Å². The standard InChI is InChI=1S/C11H18N8O/c1-3-4-18(5-6-20)10-15-9(12-2)16-11(17-10)19-8-13-7-14-19/h7-8,20H,3-6H2,1-2H3,(H,12,15,16,17). The highest BCUT2D eigenvalue weighted by atomic mass is 16.3. The average Bonchev–Trinajstić information content (AvgIpc) is 3.01. The van der Waals surface area contributed by atoms with Crippen LogP contribution in [0, 0.1) is 0 Å². The van der Waals surface area contributed by atoms with Gasteiger partial charge in [0.1, 0.15) is 12.7 Å². The normalized spacial score (nSPS) is 10.6. The van der Waals surface area contributed by atoms with Crippen molar-refractivity contribution in [2.75, 3.05) is 37.0 Å². The van der Waals surface area contributed by atoms with Gasteiger partial charge in [-0.3, -0.25) is 0 Å². The first-order chi connectivity index (χ1) is 9.78. The van der Waals surface area contributed by atoms with Crippen molar-refractivity contribution < 1.29 is 5.11 Å². The lowest BCUT2D eigenvalue weighted by atomic mass is 10.4. The fourth-order valence-corrected chi connectivity index (χ4v) is 1.72. The van der Waals surface area contributed by atoms with Crippen molar-refractivity contribution in [3.8, 4) is 5.95 Å². The van der Waals surface area contributed by atoms with Crippen molar-refractivity contribution in [2.24, 2.45) is 0 Å². The highest BCUT2D eigenvalue weighted by molar-refractivity contribution is 5.39. The molecule has 0 unspecified atom stereocenters. The smallest absolute Gasteiger partial charge is 0.258 e. The summed E-state index contributed by atoms with van der Waals surface area (Å²) in [6.45, 7) is 3.32. The fraction of sp³-hybridized carbons (Fsp3) is 0.545. The van der Waals surface area contributed by atoms with E-state index in [0.717, 1.165) is 13.0 Å². The van der Waals surface area contributed by atoms with E-state index >= 15 is 0 Å². The number of anilines is 2. The monoisotopic (exact) mass is 278 g/mol. The zero-order chi connectivity index (χ0) is 14.4. The molecule has 9 nitrogen and oxygen atoms in total. The molecule has 9 heteroatoms. The zero-order valence-corrected chi connectivity index (χ0v) is 11.6. The Hall–Kier alpha value is -2.29. The van der Waals surface area contributed by atoms with Gasteiger partial charge < -0.3 is 15.3 Å². The van der Waals surface area contributed by atoms with Crippen LogP contribution in [0.15, 0.2) is 12.7 Å². The molecule has 0 aliphatic rings. The molecule has 0 aromatic carbocycles. The maximum atomic E-state index is 9.15. The van der Waals surface area contributed by atoms with Crippen LogP contribution in [0.5, 0.6) is 0 Å². The summed E-state index contributed by atoms with van der Waals surface area (Å²) >= 11 is 0. The van der Waals surface area contributed by atoms with E-state index in [4.69, 9.17) is 5.11 Å². The van der Waals surface area contributed by atoms with Crippen LogP contribution in [-0.4, -0.2) is 61.6 Å². The lowest BCUT2D eigenvalue weighted by molar-refractivity contribution is 0.301. The number of rotatable bonds is 7. The molecular weight excluding hydrogens is 260 g/mol. The van der Waals surface area contributed by atoms with Crippen molar-refractivity contribution >= 4 is 11.9 Å². The first kappa shape index (κ1) is 14.1. The van der Waals surface area contributed by atoms with E-state index in [0.29, 0.717) is 24.4 Å². The lowest BCUT2D eigenvalue weighted by Crippen LogP contribution is -2.30. The largest absolute Gasteiger partial charge is 0.395 e. The van der Waals surface area contributed by atoms with Gasteiger partial charge in [0, 0.05) is 20.1 Å². The third-order valence-corrected chi connectivity index (χ3v) is 2.61. The fourth-order valence-electron chi connectivity index (χ4n) is 1.72. The average molecular weight is 278 g/mol. The zero-order valence-electron chi connectivity index (χ0n) is 11.6. The van der Waals surface area contributed by atoms with E-state index in [2.05, 4.69) is 37.3 Å². The highest BCUT2D eigenvalue weighted by Gasteiger charge is 2.13. The number of hydrogen-bond acceptors (Lipinski definition) is 8. The van der Waals surface area contributed by atoms with Gasteiger partial charge in [-0.2, -0.15) is 24.7 Å². The van der Waals surface area contributed by atoms with Gasteiger partial charge in [0.15, 0.2) is 0 Å². The Labute approximate surface area is 116 Å². The summed E-state index contributed by atoms with van der Waals surface area (Å²) < 4.78 is 1.47. The Morgan fingerprint density at radius 2 is 2.15 bits per heavy atom. The lowest BCUT2D eigenvalue weighted by Gasteiger charge is -2.21. The molecule has 108 valence electrons. The third-order valence-electron chi connectivity index (χ3n) is 2.61. The quantitative estimate of drug-likeness (QED) is 0.711. The molecule has 2 aromatic heterocycles. The Kier molecular flexibility index (Phi) is 4.77. The predicted molar refractivity (Wildman–Crippen MR) is 73.9 cm³/mol. The van der Waals surface area contributed by atoms with Crippen LogP contribution in [0.25, 0.3) is 5.95 Å². The molecule has 0 spiro atoms. The molecule has 0 aliphatic heterocycles.